The summed E-state index contributed by atoms with van der Waals surface area (Å²) in [6.45, 7) is 0. The highest BCUT2D eigenvalue weighted by Crippen LogP contribution is 2.20. The van der Waals surface area contributed by atoms with Gasteiger partial charge in [0, 0.05) is 17.6 Å². The van der Waals surface area contributed by atoms with Crippen molar-refractivity contribution in [1.29, 1.82) is 0 Å². The highest BCUT2D eigenvalue weighted by atomic mass is 79.9. The van der Waals surface area contributed by atoms with E-state index in [0.29, 0.717) is 16.0 Å². The Morgan fingerprint density at radius 2 is 2.40 bits per heavy atom. The number of nitrogens with zero attached hydrogens (tertiary/aromatic N) is 1. The molecule has 0 saturated heterocycles. The minimum absolute atomic E-state index is 0.129. The van der Waals surface area contributed by atoms with E-state index in [-0.39, 0.29) is 5.75 Å². The Bertz CT molecular complexity index is 241. The van der Waals surface area contributed by atoms with Crippen LogP contribution in [0.4, 0.5) is 0 Å². The molecule has 0 bridgehead atoms. The van der Waals surface area contributed by atoms with Crippen molar-refractivity contribution in [3.05, 3.63) is 23.0 Å². The Hall–Kier alpha value is -0.280. The van der Waals surface area contributed by atoms with Crippen molar-refractivity contribution in [2.24, 2.45) is 0 Å². The third kappa shape index (κ3) is 1.61. The molecule has 0 saturated carbocycles. The molecule has 1 rings (SSSR count). The first-order valence-corrected chi connectivity index (χ1v) is 4.13. The third-order valence-corrected chi connectivity index (χ3v) is 1.78. The molecule has 0 aliphatic carbocycles. The van der Waals surface area contributed by atoms with E-state index in [2.05, 4.69) is 20.9 Å². The molecule has 0 aliphatic heterocycles. The van der Waals surface area contributed by atoms with Gasteiger partial charge >= 0.3 is 0 Å². The predicted octanol–water partition coefficient (Wildman–Crippen LogP) is 2.34. The highest BCUT2D eigenvalue weighted by Gasteiger charge is 1.99. The van der Waals surface area contributed by atoms with Gasteiger partial charge in [-0.2, -0.15) is 0 Å². The van der Waals surface area contributed by atoms with E-state index >= 15 is 0 Å². The lowest BCUT2D eigenvalue weighted by atomic mass is 10.3. The van der Waals surface area contributed by atoms with Gasteiger partial charge in [-0.15, -0.1) is 0 Å². The molecular weight excluding hydrogens is 217 g/mol. The molecule has 0 fully saturated rings. The van der Waals surface area contributed by atoms with Crippen molar-refractivity contribution >= 4 is 27.5 Å². The lowest BCUT2D eigenvalue weighted by molar-refractivity contribution is 0.467. The quantitative estimate of drug-likeness (QED) is 0.740. The number of aromatic hydroxyl groups is 1. The Balaban J connectivity index is 3.07. The lowest BCUT2D eigenvalue weighted by Gasteiger charge is -1.97. The maximum Gasteiger partial charge on any atom is 0.139 e. The minimum Gasteiger partial charge on any atom is -0.506 e. The number of pyridine rings is 1. The van der Waals surface area contributed by atoms with E-state index < -0.39 is 0 Å². The van der Waals surface area contributed by atoms with Crippen LogP contribution in [0.15, 0.2) is 12.3 Å². The molecule has 0 radical (unpaired) electrons. The van der Waals surface area contributed by atoms with E-state index in [1.54, 1.807) is 0 Å². The maximum atomic E-state index is 9.11. The molecule has 1 heterocycles. The Labute approximate surface area is 72.0 Å². The summed E-state index contributed by atoms with van der Waals surface area (Å²) < 4.78 is 0. The van der Waals surface area contributed by atoms with Gasteiger partial charge in [0.1, 0.15) is 5.75 Å². The Kier molecular flexibility index (Phi) is 2.51. The summed E-state index contributed by atoms with van der Waals surface area (Å²) in [6, 6.07) is 1.46. The summed E-state index contributed by atoms with van der Waals surface area (Å²) in [5, 5.41) is 10.1. The van der Waals surface area contributed by atoms with Gasteiger partial charge in [-0.1, -0.05) is 27.5 Å². The van der Waals surface area contributed by atoms with E-state index in [9.17, 15) is 0 Å². The van der Waals surface area contributed by atoms with Crippen molar-refractivity contribution in [2.45, 2.75) is 5.33 Å². The summed E-state index contributed by atoms with van der Waals surface area (Å²) in [4.78, 5) is 3.87. The summed E-state index contributed by atoms with van der Waals surface area (Å²) in [6.07, 6.45) is 1.50. The van der Waals surface area contributed by atoms with Crippen LogP contribution in [0.1, 0.15) is 5.69 Å². The van der Waals surface area contributed by atoms with Gasteiger partial charge in [-0.3, -0.25) is 4.98 Å². The van der Waals surface area contributed by atoms with E-state index in [0.717, 1.165) is 0 Å². The summed E-state index contributed by atoms with van der Waals surface area (Å²) in [7, 11) is 0. The van der Waals surface area contributed by atoms with Crippen LogP contribution in [0.25, 0.3) is 0 Å². The molecule has 0 spiro atoms. The van der Waals surface area contributed by atoms with Crippen LogP contribution < -0.4 is 0 Å². The molecule has 1 aromatic heterocycles. The summed E-state index contributed by atoms with van der Waals surface area (Å²) >= 11 is 8.70. The summed E-state index contributed by atoms with van der Waals surface area (Å²) in [5.74, 6) is 0.129. The number of alkyl halides is 1. The molecule has 0 aliphatic rings. The van der Waals surface area contributed by atoms with Crippen molar-refractivity contribution in [2.75, 3.05) is 0 Å². The number of aromatic nitrogens is 1. The minimum atomic E-state index is 0.129. The van der Waals surface area contributed by atoms with Gasteiger partial charge < -0.3 is 5.11 Å². The number of hydrogen-bond donors (Lipinski definition) is 1. The van der Waals surface area contributed by atoms with Crippen molar-refractivity contribution in [3.8, 4) is 5.75 Å². The lowest BCUT2D eigenvalue weighted by Crippen LogP contribution is -1.83. The maximum absolute atomic E-state index is 9.11. The molecule has 54 valence electrons. The second-order valence-electron chi connectivity index (χ2n) is 1.75. The van der Waals surface area contributed by atoms with Crippen molar-refractivity contribution < 1.29 is 5.11 Å². The molecule has 0 atom stereocenters. The zero-order chi connectivity index (χ0) is 7.56. The van der Waals surface area contributed by atoms with Gasteiger partial charge in [-0.25, -0.2) is 0 Å². The van der Waals surface area contributed by atoms with Crippen LogP contribution in [0, 0.1) is 0 Å². The first-order valence-electron chi connectivity index (χ1n) is 2.63. The molecule has 1 N–H and O–H groups in total. The zero-order valence-corrected chi connectivity index (χ0v) is 7.35. The van der Waals surface area contributed by atoms with Crippen LogP contribution >= 0.6 is 27.5 Å². The Morgan fingerprint density at radius 3 is 2.90 bits per heavy atom. The number of halogens is 2. The van der Waals surface area contributed by atoms with E-state index in [1.807, 2.05) is 0 Å². The van der Waals surface area contributed by atoms with Gasteiger partial charge in [-0.05, 0) is 0 Å². The molecule has 4 heteroatoms. The van der Waals surface area contributed by atoms with Crippen molar-refractivity contribution in [1.82, 2.24) is 4.98 Å². The average Bonchev–Trinajstić information content (AvgIpc) is 1.88. The second-order valence-corrected chi connectivity index (χ2v) is 2.75. The van der Waals surface area contributed by atoms with E-state index in [4.69, 9.17) is 16.7 Å². The zero-order valence-electron chi connectivity index (χ0n) is 5.01. The van der Waals surface area contributed by atoms with Crippen LogP contribution in [0.3, 0.4) is 0 Å². The average molecular weight is 222 g/mol. The van der Waals surface area contributed by atoms with Gasteiger partial charge in [0.25, 0.3) is 0 Å². The third-order valence-electron chi connectivity index (χ3n) is 1.04. The van der Waals surface area contributed by atoms with Gasteiger partial charge in [0.15, 0.2) is 0 Å². The largest absolute Gasteiger partial charge is 0.506 e. The normalized spacial score (nSPS) is 9.80. The van der Waals surface area contributed by atoms with Crippen LogP contribution in [-0.4, -0.2) is 10.1 Å². The standard InChI is InChI=1S/C6H5BrClNO/c7-2-5-6(10)1-4(8)3-9-5/h1,3,10H,2H2. The molecule has 0 aromatic carbocycles. The van der Waals surface area contributed by atoms with Gasteiger partial charge in [0.2, 0.25) is 0 Å². The fourth-order valence-electron chi connectivity index (χ4n) is 0.560. The fourth-order valence-corrected chi connectivity index (χ4v) is 1.14. The fraction of sp³-hybridized carbons (Fsp3) is 0.167. The van der Waals surface area contributed by atoms with Gasteiger partial charge in [0.05, 0.1) is 10.7 Å². The molecule has 0 unspecified atom stereocenters. The smallest absolute Gasteiger partial charge is 0.139 e. The number of rotatable bonds is 1. The SMILES string of the molecule is Oc1cc(Cl)cnc1CBr. The molecule has 1 aromatic rings. The highest BCUT2D eigenvalue weighted by molar-refractivity contribution is 9.08. The number of hydrogen-bond acceptors (Lipinski definition) is 2. The Morgan fingerprint density at radius 1 is 1.70 bits per heavy atom. The van der Waals surface area contributed by atoms with Crippen LogP contribution in [0.2, 0.25) is 5.02 Å². The first kappa shape index (κ1) is 7.82. The molecular formula is C6H5BrClNO. The predicted molar refractivity (Wildman–Crippen MR) is 43.5 cm³/mol. The van der Waals surface area contributed by atoms with Crippen LogP contribution in [0.5, 0.6) is 5.75 Å². The topological polar surface area (TPSA) is 33.1 Å². The molecule has 0 amide bonds. The molecule has 10 heavy (non-hydrogen) atoms. The van der Waals surface area contributed by atoms with Crippen molar-refractivity contribution in [3.63, 3.8) is 0 Å². The molecule has 2 nitrogen and oxygen atoms in total. The first-order chi connectivity index (χ1) is 4.74. The van der Waals surface area contributed by atoms with Crippen LogP contribution in [-0.2, 0) is 5.33 Å². The monoisotopic (exact) mass is 221 g/mol. The second kappa shape index (κ2) is 3.21. The summed E-state index contributed by atoms with van der Waals surface area (Å²) in [5.41, 5.74) is 0.601. The van der Waals surface area contributed by atoms with E-state index in [1.165, 1.54) is 12.3 Å².